The van der Waals surface area contributed by atoms with Crippen LogP contribution in [0.15, 0.2) is 6.07 Å². The highest BCUT2D eigenvalue weighted by Gasteiger charge is 2.39. The highest BCUT2D eigenvalue weighted by molar-refractivity contribution is 5.63. The van der Waals surface area contributed by atoms with Crippen LogP contribution in [0.4, 0.5) is 11.5 Å². The van der Waals surface area contributed by atoms with E-state index in [1.165, 1.54) is 0 Å². The average Bonchev–Trinajstić information content (AvgIpc) is 2.53. The summed E-state index contributed by atoms with van der Waals surface area (Å²) in [5, 5.41) is 17.9. The fraction of sp³-hybridized carbons (Fsp3) is 0.688. The van der Waals surface area contributed by atoms with Crippen LogP contribution in [0, 0.1) is 11.3 Å². The molecule has 5 heterocycles. The zero-order chi connectivity index (χ0) is 16.0. The van der Waals surface area contributed by atoms with Crippen molar-refractivity contribution < 1.29 is 9.47 Å². The minimum atomic E-state index is -0.169. The van der Waals surface area contributed by atoms with Crippen LogP contribution in [0.3, 0.4) is 0 Å². The summed E-state index contributed by atoms with van der Waals surface area (Å²) in [6.07, 6.45) is 1.77. The van der Waals surface area contributed by atoms with Crippen molar-refractivity contribution in [2.45, 2.75) is 38.0 Å². The molecule has 0 spiro atoms. The first-order chi connectivity index (χ1) is 11.1. The molecule has 7 heteroatoms. The predicted octanol–water partition coefficient (Wildman–Crippen LogP) is 0.941. The smallest absolute Gasteiger partial charge is 0.186 e. The molecule has 0 amide bonds. The fourth-order valence-electron chi connectivity index (χ4n) is 3.66. The summed E-state index contributed by atoms with van der Waals surface area (Å²) in [7, 11) is 0. The standard InChI is InChI=1S/C16H21N5O2/c1-16(2)10-22-4-3-21(16)14-6-15(19-18-13(14)7-17)20-8-11-5-12(9-20)23-11/h6,11-12H,3-5,8-10H2,1-2H3. The van der Waals surface area contributed by atoms with Gasteiger partial charge >= 0.3 is 0 Å². The second kappa shape index (κ2) is 5.32. The Labute approximate surface area is 135 Å². The van der Waals surface area contributed by atoms with Gasteiger partial charge < -0.3 is 19.3 Å². The quantitative estimate of drug-likeness (QED) is 0.804. The molecular weight excluding hydrogens is 294 g/mol. The van der Waals surface area contributed by atoms with Crippen LogP contribution in [0.1, 0.15) is 26.0 Å². The predicted molar refractivity (Wildman–Crippen MR) is 84.5 cm³/mol. The number of rotatable bonds is 2. The van der Waals surface area contributed by atoms with E-state index in [0.717, 1.165) is 37.6 Å². The summed E-state index contributed by atoms with van der Waals surface area (Å²) < 4.78 is 11.3. The normalized spacial score (nSPS) is 28.9. The SMILES string of the molecule is CC1(C)COCCN1c1cc(N2CC3CC(C2)O3)nnc1C#N. The van der Waals surface area contributed by atoms with E-state index in [2.05, 4.69) is 39.9 Å². The zero-order valence-electron chi connectivity index (χ0n) is 13.5. The van der Waals surface area contributed by atoms with Gasteiger partial charge in [-0.05, 0) is 13.8 Å². The van der Waals surface area contributed by atoms with E-state index in [-0.39, 0.29) is 5.54 Å². The number of fused-ring (bicyclic) bond motifs is 2. The van der Waals surface area contributed by atoms with E-state index in [1.807, 2.05) is 6.07 Å². The van der Waals surface area contributed by atoms with Crippen molar-refractivity contribution in [2.75, 3.05) is 42.6 Å². The van der Waals surface area contributed by atoms with Gasteiger partial charge in [-0.25, -0.2) is 0 Å². The van der Waals surface area contributed by atoms with Gasteiger partial charge in [-0.1, -0.05) is 0 Å². The van der Waals surface area contributed by atoms with Crippen LogP contribution in [0.5, 0.6) is 0 Å². The van der Waals surface area contributed by atoms with Crippen LogP contribution in [0.25, 0.3) is 0 Å². The van der Waals surface area contributed by atoms with Crippen LogP contribution < -0.4 is 9.80 Å². The average molecular weight is 315 g/mol. The van der Waals surface area contributed by atoms with Crippen molar-refractivity contribution in [1.82, 2.24) is 10.2 Å². The van der Waals surface area contributed by atoms with Crippen LogP contribution in [0.2, 0.25) is 0 Å². The Kier molecular flexibility index (Phi) is 3.39. The van der Waals surface area contributed by atoms with Gasteiger partial charge in [-0.2, -0.15) is 5.26 Å². The molecule has 1 aromatic rings. The Hall–Kier alpha value is -1.91. The summed E-state index contributed by atoms with van der Waals surface area (Å²) in [5.74, 6) is 0.833. The van der Waals surface area contributed by atoms with E-state index >= 15 is 0 Å². The fourth-order valence-corrected chi connectivity index (χ4v) is 3.66. The number of nitrogens with zero attached hydrogens (tertiary/aromatic N) is 5. The van der Waals surface area contributed by atoms with E-state index in [0.29, 0.717) is 31.1 Å². The maximum absolute atomic E-state index is 9.43. The first-order valence-corrected chi connectivity index (χ1v) is 8.10. The Morgan fingerprint density at radius 1 is 1.30 bits per heavy atom. The highest BCUT2D eigenvalue weighted by atomic mass is 16.5. The molecule has 122 valence electrons. The Balaban J connectivity index is 1.67. The molecule has 7 nitrogen and oxygen atoms in total. The molecule has 0 aromatic carbocycles. The first kappa shape index (κ1) is 14.7. The summed E-state index contributed by atoms with van der Waals surface area (Å²) >= 11 is 0. The molecule has 0 aliphatic carbocycles. The zero-order valence-corrected chi connectivity index (χ0v) is 13.5. The molecule has 4 aliphatic rings. The third-order valence-corrected chi connectivity index (χ3v) is 4.89. The van der Waals surface area contributed by atoms with Crippen molar-refractivity contribution in [1.29, 1.82) is 5.26 Å². The van der Waals surface area contributed by atoms with Crippen molar-refractivity contribution >= 4 is 11.5 Å². The number of nitriles is 1. The van der Waals surface area contributed by atoms with Crippen LogP contribution in [-0.4, -0.2) is 60.8 Å². The minimum absolute atomic E-state index is 0.169. The lowest BCUT2D eigenvalue weighted by Gasteiger charge is -2.47. The van der Waals surface area contributed by atoms with Crippen LogP contribution >= 0.6 is 0 Å². The number of ether oxygens (including phenoxy) is 2. The molecule has 4 fully saturated rings. The number of hydrogen-bond donors (Lipinski definition) is 0. The molecule has 1 aromatic heterocycles. The third-order valence-electron chi connectivity index (χ3n) is 4.89. The first-order valence-electron chi connectivity index (χ1n) is 8.10. The molecule has 23 heavy (non-hydrogen) atoms. The third kappa shape index (κ3) is 2.52. The largest absolute Gasteiger partial charge is 0.377 e. The second-order valence-electron chi connectivity index (χ2n) is 7.09. The summed E-state index contributed by atoms with van der Waals surface area (Å²) in [4.78, 5) is 4.43. The molecule has 4 aliphatic heterocycles. The Morgan fingerprint density at radius 2 is 2.04 bits per heavy atom. The Morgan fingerprint density at radius 3 is 2.70 bits per heavy atom. The van der Waals surface area contributed by atoms with Gasteiger partial charge in [0.15, 0.2) is 11.5 Å². The molecule has 2 unspecified atom stereocenters. The van der Waals surface area contributed by atoms with Gasteiger partial charge in [0, 0.05) is 32.1 Å². The summed E-state index contributed by atoms with van der Waals surface area (Å²) in [6, 6.07) is 4.18. The second-order valence-corrected chi connectivity index (χ2v) is 7.09. The number of piperidine rings is 1. The minimum Gasteiger partial charge on any atom is -0.377 e. The number of aromatic nitrogens is 2. The van der Waals surface area contributed by atoms with Gasteiger partial charge in [0.05, 0.1) is 36.6 Å². The van der Waals surface area contributed by atoms with Crippen molar-refractivity contribution in [3.05, 3.63) is 11.8 Å². The van der Waals surface area contributed by atoms with E-state index < -0.39 is 0 Å². The van der Waals surface area contributed by atoms with Crippen molar-refractivity contribution in [3.8, 4) is 6.07 Å². The summed E-state index contributed by atoms with van der Waals surface area (Å²) in [5.41, 5.74) is 1.06. The van der Waals surface area contributed by atoms with E-state index in [4.69, 9.17) is 9.47 Å². The van der Waals surface area contributed by atoms with Gasteiger partial charge in [-0.3, -0.25) is 0 Å². The van der Waals surface area contributed by atoms with Crippen molar-refractivity contribution in [3.63, 3.8) is 0 Å². The van der Waals surface area contributed by atoms with Gasteiger partial charge in [0.25, 0.3) is 0 Å². The molecule has 4 saturated heterocycles. The highest BCUT2D eigenvalue weighted by Crippen LogP contribution is 2.34. The van der Waals surface area contributed by atoms with Crippen LogP contribution in [-0.2, 0) is 9.47 Å². The molecule has 2 atom stereocenters. The maximum atomic E-state index is 9.43. The summed E-state index contributed by atoms with van der Waals surface area (Å²) in [6.45, 7) is 7.99. The Bertz CT molecular complexity index is 640. The lowest BCUT2D eigenvalue weighted by molar-refractivity contribution is -0.133. The lowest BCUT2D eigenvalue weighted by Crippen LogP contribution is -2.57. The van der Waals surface area contributed by atoms with Gasteiger partial charge in [-0.15, -0.1) is 10.2 Å². The maximum Gasteiger partial charge on any atom is 0.186 e. The molecule has 2 bridgehead atoms. The number of morpholine rings is 2. The van der Waals surface area contributed by atoms with Gasteiger partial charge in [0.1, 0.15) is 6.07 Å². The van der Waals surface area contributed by atoms with Crippen molar-refractivity contribution in [2.24, 2.45) is 0 Å². The van der Waals surface area contributed by atoms with Gasteiger partial charge in [0.2, 0.25) is 0 Å². The lowest BCUT2D eigenvalue weighted by atomic mass is 9.98. The monoisotopic (exact) mass is 315 g/mol. The van der Waals surface area contributed by atoms with E-state index in [9.17, 15) is 5.26 Å². The topological polar surface area (TPSA) is 74.5 Å². The molecular formula is C16H21N5O2. The molecule has 5 rings (SSSR count). The number of hydrogen-bond acceptors (Lipinski definition) is 7. The molecule has 0 N–H and O–H groups in total. The molecule has 0 saturated carbocycles. The van der Waals surface area contributed by atoms with E-state index in [1.54, 1.807) is 0 Å². The molecule has 0 radical (unpaired) electrons. The number of anilines is 2.